The fourth-order valence-electron chi connectivity index (χ4n) is 3.97. The van der Waals surface area contributed by atoms with Crippen LogP contribution in [0.15, 0.2) is 53.8 Å². The zero-order chi connectivity index (χ0) is 20.5. The normalized spacial score (nSPS) is 14.5. The Labute approximate surface area is 178 Å². The van der Waals surface area contributed by atoms with E-state index in [-0.39, 0.29) is 0 Å². The zero-order valence-corrected chi connectivity index (χ0v) is 17.4. The predicted octanol–water partition coefficient (Wildman–Crippen LogP) is 5.07. The van der Waals surface area contributed by atoms with Crippen LogP contribution in [0.3, 0.4) is 0 Å². The molecule has 1 aliphatic carbocycles. The van der Waals surface area contributed by atoms with E-state index in [0.717, 1.165) is 29.7 Å². The number of nitrogens with zero attached hydrogens (tertiary/aromatic N) is 5. The topological polar surface area (TPSA) is 68.0 Å². The summed E-state index contributed by atoms with van der Waals surface area (Å²) in [6.45, 7) is 0. The maximum Gasteiger partial charge on any atom is 0.228 e. The Balaban J connectivity index is 1.78. The minimum atomic E-state index is -0.533. The molecular weight excluding hydrogens is 399 g/mol. The average Bonchev–Trinajstić information content (AvgIpc) is 3.42. The van der Waals surface area contributed by atoms with Gasteiger partial charge in [-0.1, -0.05) is 54.9 Å². The van der Waals surface area contributed by atoms with E-state index in [0.29, 0.717) is 28.4 Å². The van der Waals surface area contributed by atoms with Gasteiger partial charge in [0.25, 0.3) is 0 Å². The highest BCUT2D eigenvalue weighted by atomic mass is 32.2. The number of nitrogens with one attached hydrogen (secondary N) is 1. The summed E-state index contributed by atoms with van der Waals surface area (Å²) in [7, 11) is 0. The zero-order valence-electron chi connectivity index (χ0n) is 16.5. The Kier molecular flexibility index (Phi) is 5.08. The van der Waals surface area contributed by atoms with E-state index in [2.05, 4.69) is 10.3 Å². The van der Waals surface area contributed by atoms with Crippen molar-refractivity contribution in [1.29, 1.82) is 0 Å². The van der Waals surface area contributed by atoms with Gasteiger partial charge in [-0.25, -0.2) is 9.97 Å². The lowest BCUT2D eigenvalue weighted by molar-refractivity contribution is 0.584. The molecule has 3 aromatic heterocycles. The van der Waals surface area contributed by atoms with E-state index in [9.17, 15) is 4.39 Å². The number of pyridine rings is 1. The van der Waals surface area contributed by atoms with Crippen molar-refractivity contribution in [3.8, 4) is 22.4 Å². The Hall–Kier alpha value is -3.00. The molecule has 0 spiro atoms. The molecule has 0 radical (unpaired) electrons. The van der Waals surface area contributed by atoms with Crippen LogP contribution in [0.2, 0.25) is 0 Å². The Bertz CT molecular complexity index is 1190. The highest BCUT2D eigenvalue weighted by molar-refractivity contribution is 7.98. The summed E-state index contributed by atoms with van der Waals surface area (Å²) >= 11 is 1.48. The molecule has 8 heteroatoms. The fourth-order valence-corrected chi connectivity index (χ4v) is 4.33. The van der Waals surface area contributed by atoms with E-state index >= 15 is 0 Å². The quantitative estimate of drug-likeness (QED) is 0.359. The van der Waals surface area contributed by atoms with Crippen LogP contribution in [-0.2, 0) is 0 Å². The lowest BCUT2D eigenvalue weighted by atomic mass is 10.0. The van der Waals surface area contributed by atoms with E-state index in [1.54, 1.807) is 10.6 Å². The van der Waals surface area contributed by atoms with Crippen LogP contribution in [0.25, 0.3) is 28.0 Å². The number of anilines is 1. The molecule has 5 rings (SSSR count). The van der Waals surface area contributed by atoms with Crippen LogP contribution in [0.4, 0.5) is 10.3 Å². The average molecular weight is 421 g/mol. The van der Waals surface area contributed by atoms with Gasteiger partial charge in [-0.05, 0) is 30.7 Å². The number of hydrogen-bond acceptors (Lipinski definition) is 6. The standard InChI is InChI=1S/C22H21FN6S/c1-30-22-26-20-18(15-11-12-24-17(23)13-15)19(14-7-3-2-4-8-14)28-29(20)21(27-22)25-16-9-5-6-10-16/h2-4,7-8,11-13,16H,5-6,9-10H2,1H3,(H,25,26,27). The van der Waals surface area contributed by atoms with Crippen molar-refractivity contribution in [3.05, 3.63) is 54.6 Å². The molecule has 0 bridgehead atoms. The van der Waals surface area contributed by atoms with Crippen molar-refractivity contribution < 1.29 is 4.39 Å². The molecule has 0 unspecified atom stereocenters. The van der Waals surface area contributed by atoms with Crippen molar-refractivity contribution in [3.63, 3.8) is 0 Å². The lowest BCUT2D eigenvalue weighted by Gasteiger charge is -2.14. The monoisotopic (exact) mass is 420 g/mol. The number of hydrogen-bond donors (Lipinski definition) is 1. The first-order valence-corrected chi connectivity index (χ1v) is 11.2. The minimum Gasteiger partial charge on any atom is -0.351 e. The SMILES string of the molecule is CSc1nc(NC2CCCC2)n2nc(-c3ccccc3)c(-c3ccnc(F)c3)c2n1. The number of thioether (sulfide) groups is 1. The van der Waals surface area contributed by atoms with Gasteiger partial charge in [0.2, 0.25) is 11.9 Å². The molecule has 0 atom stereocenters. The van der Waals surface area contributed by atoms with Crippen molar-refractivity contribution in [2.45, 2.75) is 36.9 Å². The molecule has 4 aromatic rings. The summed E-state index contributed by atoms with van der Waals surface area (Å²) in [6, 6.07) is 13.5. The molecular formula is C22H21FN6S. The second-order valence-corrected chi connectivity index (χ2v) is 8.13. The van der Waals surface area contributed by atoms with Gasteiger partial charge in [0.05, 0.1) is 5.56 Å². The second-order valence-electron chi connectivity index (χ2n) is 7.35. The first kappa shape index (κ1) is 19.0. The van der Waals surface area contributed by atoms with Gasteiger partial charge < -0.3 is 5.32 Å². The third kappa shape index (κ3) is 3.52. The first-order chi connectivity index (χ1) is 14.7. The predicted molar refractivity (Wildman–Crippen MR) is 117 cm³/mol. The summed E-state index contributed by atoms with van der Waals surface area (Å²) in [4.78, 5) is 13.2. The number of rotatable bonds is 5. The van der Waals surface area contributed by atoms with Crippen LogP contribution in [-0.4, -0.2) is 36.9 Å². The molecule has 1 N–H and O–H groups in total. The van der Waals surface area contributed by atoms with E-state index in [4.69, 9.17) is 15.1 Å². The number of aromatic nitrogens is 5. The molecule has 1 aliphatic rings. The Morgan fingerprint density at radius 2 is 1.87 bits per heavy atom. The molecule has 1 fully saturated rings. The summed E-state index contributed by atoms with van der Waals surface area (Å²) in [6.07, 6.45) is 8.10. The van der Waals surface area contributed by atoms with E-state index < -0.39 is 5.95 Å². The highest BCUT2D eigenvalue weighted by Crippen LogP contribution is 2.36. The molecule has 0 amide bonds. The maximum absolute atomic E-state index is 14.0. The number of halogens is 1. The third-order valence-corrected chi connectivity index (χ3v) is 5.95. The number of benzene rings is 1. The molecule has 6 nitrogen and oxygen atoms in total. The van der Waals surface area contributed by atoms with Crippen LogP contribution < -0.4 is 5.32 Å². The van der Waals surface area contributed by atoms with Crippen molar-refractivity contribution in [2.24, 2.45) is 0 Å². The van der Waals surface area contributed by atoms with E-state index in [1.165, 1.54) is 36.9 Å². The van der Waals surface area contributed by atoms with Crippen LogP contribution >= 0.6 is 11.8 Å². The van der Waals surface area contributed by atoms with Crippen LogP contribution in [0.5, 0.6) is 0 Å². The van der Waals surface area contributed by atoms with Gasteiger partial charge in [0, 0.05) is 23.9 Å². The summed E-state index contributed by atoms with van der Waals surface area (Å²) in [5, 5.41) is 9.10. The molecule has 152 valence electrons. The van der Waals surface area contributed by atoms with Gasteiger partial charge in [-0.2, -0.15) is 19.0 Å². The van der Waals surface area contributed by atoms with Crippen molar-refractivity contribution in [2.75, 3.05) is 11.6 Å². The Morgan fingerprint density at radius 1 is 1.07 bits per heavy atom. The van der Waals surface area contributed by atoms with Gasteiger partial charge >= 0.3 is 0 Å². The Morgan fingerprint density at radius 3 is 2.60 bits per heavy atom. The third-order valence-electron chi connectivity index (χ3n) is 5.40. The molecule has 3 heterocycles. The molecule has 0 aliphatic heterocycles. The largest absolute Gasteiger partial charge is 0.351 e. The minimum absolute atomic E-state index is 0.379. The van der Waals surface area contributed by atoms with Crippen molar-refractivity contribution >= 4 is 23.4 Å². The second kappa shape index (κ2) is 8.02. The van der Waals surface area contributed by atoms with Gasteiger partial charge in [0.1, 0.15) is 5.69 Å². The van der Waals surface area contributed by atoms with E-state index in [1.807, 2.05) is 36.6 Å². The molecule has 1 saturated carbocycles. The molecule has 30 heavy (non-hydrogen) atoms. The highest BCUT2D eigenvalue weighted by Gasteiger charge is 2.23. The summed E-state index contributed by atoms with van der Waals surface area (Å²) < 4.78 is 15.8. The molecule has 1 aromatic carbocycles. The van der Waals surface area contributed by atoms with Gasteiger partial charge in [-0.3, -0.25) is 0 Å². The van der Waals surface area contributed by atoms with Crippen LogP contribution in [0, 0.1) is 5.95 Å². The fraction of sp³-hybridized carbons (Fsp3) is 0.273. The summed E-state index contributed by atoms with van der Waals surface area (Å²) in [5.74, 6) is 0.142. The smallest absolute Gasteiger partial charge is 0.228 e. The van der Waals surface area contributed by atoms with Crippen molar-refractivity contribution in [1.82, 2.24) is 24.6 Å². The van der Waals surface area contributed by atoms with Crippen LogP contribution in [0.1, 0.15) is 25.7 Å². The van der Waals surface area contributed by atoms with Gasteiger partial charge in [0.15, 0.2) is 10.8 Å². The number of fused-ring (bicyclic) bond motifs is 1. The molecule has 0 saturated heterocycles. The summed E-state index contributed by atoms with van der Waals surface area (Å²) in [5.41, 5.74) is 3.79. The lowest BCUT2D eigenvalue weighted by Crippen LogP contribution is -2.19. The first-order valence-electron chi connectivity index (χ1n) is 10.0. The van der Waals surface area contributed by atoms with Gasteiger partial charge in [-0.15, -0.1) is 0 Å². The maximum atomic E-state index is 14.0.